The highest BCUT2D eigenvalue weighted by atomic mass is 32.2. The van der Waals surface area contributed by atoms with Gasteiger partial charge in [0.1, 0.15) is 0 Å². The highest BCUT2D eigenvalue weighted by Gasteiger charge is 2.29. The first-order valence-electron chi connectivity index (χ1n) is 5.81. The maximum atomic E-state index is 11.8. The molecule has 7 heteroatoms. The summed E-state index contributed by atoms with van der Waals surface area (Å²) >= 11 is 0. The molecule has 0 bridgehead atoms. The van der Waals surface area contributed by atoms with Crippen LogP contribution in [0.1, 0.15) is 26.2 Å². The van der Waals surface area contributed by atoms with Crippen molar-refractivity contribution >= 4 is 15.9 Å². The Morgan fingerprint density at radius 3 is 2.65 bits per heavy atom. The average molecular weight is 263 g/mol. The lowest BCUT2D eigenvalue weighted by atomic mass is 10.0. The highest BCUT2D eigenvalue weighted by molar-refractivity contribution is 7.88. The molecule has 1 aliphatic carbocycles. The van der Waals surface area contributed by atoms with Crippen LogP contribution >= 0.6 is 0 Å². The summed E-state index contributed by atoms with van der Waals surface area (Å²) < 4.78 is 24.2. The summed E-state index contributed by atoms with van der Waals surface area (Å²) in [6.07, 6.45) is 4.03. The monoisotopic (exact) mass is 263 g/mol. The predicted molar refractivity (Wildman–Crippen MR) is 65.8 cm³/mol. The van der Waals surface area contributed by atoms with Gasteiger partial charge in [-0.15, -0.1) is 0 Å². The van der Waals surface area contributed by atoms with Gasteiger partial charge in [-0.1, -0.05) is 6.42 Å². The summed E-state index contributed by atoms with van der Waals surface area (Å²) in [5.74, 6) is 0.0187. The molecular weight excluding hydrogens is 242 g/mol. The van der Waals surface area contributed by atoms with Crippen molar-refractivity contribution < 1.29 is 13.2 Å². The Morgan fingerprint density at radius 1 is 1.47 bits per heavy atom. The molecule has 1 aliphatic rings. The number of sulfonamides is 1. The van der Waals surface area contributed by atoms with E-state index in [1.54, 1.807) is 0 Å². The van der Waals surface area contributed by atoms with Gasteiger partial charge < -0.3 is 11.1 Å². The molecule has 3 unspecified atom stereocenters. The molecule has 1 fully saturated rings. The average Bonchev–Trinajstić information content (AvgIpc) is 2.62. The predicted octanol–water partition coefficient (Wildman–Crippen LogP) is -0.832. The fraction of sp³-hybridized carbons (Fsp3) is 0.900. The number of amides is 1. The van der Waals surface area contributed by atoms with E-state index in [0.717, 1.165) is 25.5 Å². The zero-order chi connectivity index (χ0) is 13.1. The number of hydrogen-bond acceptors (Lipinski definition) is 4. The largest absolute Gasteiger partial charge is 0.352 e. The molecule has 0 radical (unpaired) electrons. The van der Waals surface area contributed by atoms with E-state index in [4.69, 9.17) is 5.73 Å². The van der Waals surface area contributed by atoms with Crippen LogP contribution in [0.4, 0.5) is 0 Å². The number of nitrogens with two attached hydrogens (primary N) is 1. The lowest BCUT2D eigenvalue weighted by molar-refractivity contribution is -0.123. The number of carbonyl (C=O) groups is 1. The molecule has 17 heavy (non-hydrogen) atoms. The summed E-state index contributed by atoms with van der Waals surface area (Å²) in [7, 11) is -3.36. The van der Waals surface area contributed by atoms with Gasteiger partial charge in [0.25, 0.3) is 0 Å². The second-order valence-electron chi connectivity index (χ2n) is 4.65. The van der Waals surface area contributed by atoms with Gasteiger partial charge in [0.2, 0.25) is 15.9 Å². The Kier molecular flexibility index (Phi) is 4.91. The van der Waals surface area contributed by atoms with Gasteiger partial charge in [0, 0.05) is 6.04 Å². The normalized spacial score (nSPS) is 26.8. The topological polar surface area (TPSA) is 101 Å². The minimum absolute atomic E-state index is 0.0799. The molecule has 4 N–H and O–H groups in total. The summed E-state index contributed by atoms with van der Waals surface area (Å²) in [5.41, 5.74) is 5.61. The quantitative estimate of drug-likeness (QED) is 0.602. The molecule has 0 heterocycles. The molecule has 1 saturated carbocycles. The Labute approximate surface area is 102 Å². The maximum Gasteiger partial charge on any atom is 0.238 e. The van der Waals surface area contributed by atoms with Crippen LogP contribution in [0.5, 0.6) is 0 Å². The molecular formula is C10H21N3O3S. The third-order valence-electron chi connectivity index (χ3n) is 3.07. The van der Waals surface area contributed by atoms with Crippen LogP contribution in [-0.4, -0.2) is 39.2 Å². The molecule has 0 saturated heterocycles. The van der Waals surface area contributed by atoms with Crippen molar-refractivity contribution in [2.24, 2.45) is 11.7 Å². The minimum Gasteiger partial charge on any atom is -0.352 e. The van der Waals surface area contributed by atoms with Gasteiger partial charge in [-0.3, -0.25) is 4.79 Å². The van der Waals surface area contributed by atoms with Crippen LogP contribution in [0, 0.1) is 5.92 Å². The van der Waals surface area contributed by atoms with E-state index in [0.29, 0.717) is 12.5 Å². The number of rotatable bonds is 5. The summed E-state index contributed by atoms with van der Waals surface area (Å²) in [6.45, 7) is 2.08. The van der Waals surface area contributed by atoms with Gasteiger partial charge in [-0.2, -0.15) is 0 Å². The van der Waals surface area contributed by atoms with Gasteiger partial charge in [0.05, 0.1) is 12.3 Å². The Hall–Kier alpha value is -0.660. The van der Waals surface area contributed by atoms with Crippen LogP contribution < -0.4 is 15.8 Å². The highest BCUT2D eigenvalue weighted by Crippen LogP contribution is 2.24. The lowest BCUT2D eigenvalue weighted by Gasteiger charge is -2.21. The maximum absolute atomic E-state index is 11.8. The summed E-state index contributed by atoms with van der Waals surface area (Å²) in [5, 5.41) is 2.86. The number of nitrogens with one attached hydrogen (secondary N) is 2. The first kappa shape index (κ1) is 14.4. The first-order valence-corrected chi connectivity index (χ1v) is 7.70. The van der Waals surface area contributed by atoms with Crippen molar-refractivity contribution in [3.63, 3.8) is 0 Å². The van der Waals surface area contributed by atoms with Crippen molar-refractivity contribution in [2.45, 2.75) is 38.3 Å². The second kappa shape index (κ2) is 5.79. The number of carbonyl (C=O) groups excluding carboxylic acids is 1. The van der Waals surface area contributed by atoms with Gasteiger partial charge in [-0.25, -0.2) is 13.1 Å². The van der Waals surface area contributed by atoms with Crippen molar-refractivity contribution in [3.05, 3.63) is 0 Å². The molecule has 1 rings (SSSR count). The molecule has 6 nitrogen and oxygen atoms in total. The minimum atomic E-state index is -3.36. The Balaban J connectivity index is 2.48. The van der Waals surface area contributed by atoms with Crippen LogP contribution in [0.2, 0.25) is 0 Å². The smallest absolute Gasteiger partial charge is 0.238 e. The van der Waals surface area contributed by atoms with Crippen molar-refractivity contribution in [2.75, 3.05) is 12.8 Å². The molecule has 100 valence electrons. The van der Waals surface area contributed by atoms with E-state index in [1.165, 1.54) is 6.92 Å². The third kappa shape index (κ3) is 4.61. The third-order valence-corrected chi connectivity index (χ3v) is 3.86. The zero-order valence-corrected chi connectivity index (χ0v) is 11.1. The van der Waals surface area contributed by atoms with Gasteiger partial charge in [0.15, 0.2) is 0 Å². The van der Waals surface area contributed by atoms with Crippen LogP contribution in [-0.2, 0) is 14.8 Å². The molecule has 3 atom stereocenters. The van der Waals surface area contributed by atoms with Crippen molar-refractivity contribution in [3.8, 4) is 0 Å². The zero-order valence-electron chi connectivity index (χ0n) is 10.3. The van der Waals surface area contributed by atoms with E-state index in [1.807, 2.05) is 0 Å². The molecule has 0 aromatic rings. The molecule has 0 aliphatic heterocycles. The van der Waals surface area contributed by atoms with Crippen molar-refractivity contribution in [1.29, 1.82) is 0 Å². The fourth-order valence-corrected chi connectivity index (χ4v) is 2.94. The van der Waals surface area contributed by atoms with Gasteiger partial charge in [-0.05, 0) is 32.2 Å². The summed E-state index contributed by atoms with van der Waals surface area (Å²) in [4.78, 5) is 11.8. The van der Waals surface area contributed by atoms with Crippen LogP contribution in [0.15, 0.2) is 0 Å². The molecule has 0 aromatic heterocycles. The SMILES string of the molecule is CC(NS(C)(=O)=O)C(=O)NC1CCCC1CN. The number of hydrogen-bond donors (Lipinski definition) is 3. The van der Waals surface area contributed by atoms with Gasteiger partial charge >= 0.3 is 0 Å². The van der Waals surface area contributed by atoms with E-state index in [-0.39, 0.29) is 11.9 Å². The molecule has 0 spiro atoms. The second-order valence-corrected chi connectivity index (χ2v) is 6.43. The Morgan fingerprint density at radius 2 is 2.12 bits per heavy atom. The van der Waals surface area contributed by atoms with Crippen molar-refractivity contribution in [1.82, 2.24) is 10.0 Å². The van der Waals surface area contributed by atoms with E-state index < -0.39 is 16.1 Å². The van der Waals surface area contributed by atoms with E-state index >= 15 is 0 Å². The molecule has 1 amide bonds. The van der Waals surface area contributed by atoms with E-state index in [2.05, 4.69) is 10.0 Å². The van der Waals surface area contributed by atoms with E-state index in [9.17, 15) is 13.2 Å². The lowest BCUT2D eigenvalue weighted by Crippen LogP contribution is -2.49. The fourth-order valence-electron chi connectivity index (χ4n) is 2.19. The first-order chi connectivity index (χ1) is 7.83. The summed E-state index contributed by atoms with van der Waals surface area (Å²) in [6, 6.07) is -0.666. The Bertz CT molecular complexity index is 369. The standard InChI is InChI=1S/C10H21N3O3S/c1-7(13-17(2,15)16)10(14)12-9-5-3-4-8(9)6-11/h7-9,13H,3-6,11H2,1-2H3,(H,12,14). The molecule has 0 aromatic carbocycles. The van der Waals surface area contributed by atoms with Crippen LogP contribution in [0.25, 0.3) is 0 Å². The van der Waals surface area contributed by atoms with Crippen LogP contribution in [0.3, 0.4) is 0 Å².